The van der Waals surface area contributed by atoms with E-state index in [2.05, 4.69) is 20.9 Å². The number of hydrogen-bond donors (Lipinski definition) is 1. The van der Waals surface area contributed by atoms with Crippen LogP contribution >= 0.6 is 28.1 Å². The van der Waals surface area contributed by atoms with Gasteiger partial charge in [-0.05, 0) is 53.5 Å². The van der Waals surface area contributed by atoms with E-state index in [0.717, 1.165) is 11.4 Å². The summed E-state index contributed by atoms with van der Waals surface area (Å²) in [4.78, 5) is 4.51. The number of aromatic nitrogens is 1. The molecule has 6 heteroatoms. The van der Waals surface area contributed by atoms with Gasteiger partial charge in [0, 0.05) is 11.3 Å². The van der Waals surface area contributed by atoms with Gasteiger partial charge in [-0.2, -0.15) is 0 Å². The monoisotopic (exact) mass is 368 g/mol. The van der Waals surface area contributed by atoms with Crippen molar-refractivity contribution in [2.45, 2.75) is 20.3 Å². The Morgan fingerprint density at radius 1 is 1.33 bits per heavy atom. The zero-order chi connectivity index (χ0) is 15.6. The van der Waals surface area contributed by atoms with E-state index < -0.39 is 5.82 Å². The van der Waals surface area contributed by atoms with Crippen LogP contribution in [0.4, 0.5) is 4.39 Å². The summed E-state index contributed by atoms with van der Waals surface area (Å²) in [5.41, 5.74) is 7.64. The number of ether oxygens (including phenoxy) is 1. The van der Waals surface area contributed by atoms with Crippen molar-refractivity contribution in [3.05, 3.63) is 51.5 Å². The highest BCUT2D eigenvalue weighted by Gasteiger charge is 2.15. The molecule has 0 amide bonds. The number of rotatable bonds is 4. The molecule has 0 saturated carbocycles. The zero-order valence-corrected chi connectivity index (χ0v) is 14.0. The maximum Gasteiger partial charge on any atom is 0.180 e. The van der Waals surface area contributed by atoms with Crippen molar-refractivity contribution in [1.82, 2.24) is 4.98 Å². The van der Waals surface area contributed by atoms with Crippen molar-refractivity contribution < 1.29 is 9.13 Å². The van der Waals surface area contributed by atoms with Crippen molar-refractivity contribution in [1.29, 1.82) is 0 Å². The van der Waals surface area contributed by atoms with Crippen LogP contribution in [-0.4, -0.2) is 9.97 Å². The van der Waals surface area contributed by atoms with Crippen LogP contribution < -0.4 is 10.5 Å². The molecule has 3 nitrogen and oxygen atoms in total. The van der Waals surface area contributed by atoms with Crippen LogP contribution in [0.3, 0.4) is 0 Å². The fraction of sp³-hybridized carbons (Fsp3) is 0.200. The number of hydrogen-bond acceptors (Lipinski definition) is 3. The normalized spacial score (nSPS) is 10.5. The van der Waals surface area contributed by atoms with Gasteiger partial charge >= 0.3 is 0 Å². The average Bonchev–Trinajstić information content (AvgIpc) is 2.45. The molecule has 21 heavy (non-hydrogen) atoms. The van der Waals surface area contributed by atoms with E-state index >= 15 is 0 Å². The Kier molecular flexibility index (Phi) is 4.90. The maximum atomic E-state index is 14.3. The molecule has 1 aromatic carbocycles. The van der Waals surface area contributed by atoms with Crippen molar-refractivity contribution in [2.24, 2.45) is 5.73 Å². The Morgan fingerprint density at radius 2 is 2.00 bits per heavy atom. The second kappa shape index (κ2) is 6.49. The summed E-state index contributed by atoms with van der Waals surface area (Å²) in [6.07, 6.45) is 0.699. The van der Waals surface area contributed by atoms with Gasteiger partial charge in [0.15, 0.2) is 11.6 Å². The predicted molar refractivity (Wildman–Crippen MR) is 88.4 cm³/mol. The van der Waals surface area contributed by atoms with Gasteiger partial charge in [-0.1, -0.05) is 19.1 Å². The summed E-state index contributed by atoms with van der Waals surface area (Å²) < 4.78 is 20.2. The quantitative estimate of drug-likeness (QED) is 0.818. The molecule has 0 unspecified atom stereocenters. The van der Waals surface area contributed by atoms with Gasteiger partial charge in [0.25, 0.3) is 0 Å². The third-order valence-electron chi connectivity index (χ3n) is 2.94. The molecule has 110 valence electrons. The second-order valence-electron chi connectivity index (χ2n) is 4.46. The van der Waals surface area contributed by atoms with E-state index in [1.165, 1.54) is 6.07 Å². The highest BCUT2D eigenvalue weighted by Crippen LogP contribution is 2.33. The molecule has 2 rings (SSSR count). The molecule has 0 fully saturated rings. The molecule has 0 aliphatic heterocycles. The van der Waals surface area contributed by atoms with E-state index in [0.29, 0.717) is 17.7 Å². The molecule has 0 radical (unpaired) electrons. The molecule has 0 aliphatic carbocycles. The van der Waals surface area contributed by atoms with Crippen LogP contribution in [0, 0.1) is 12.7 Å². The van der Waals surface area contributed by atoms with Gasteiger partial charge in [-0.15, -0.1) is 0 Å². The van der Waals surface area contributed by atoms with E-state index in [1.807, 2.05) is 19.9 Å². The Labute approximate surface area is 136 Å². The summed E-state index contributed by atoms with van der Waals surface area (Å²) >= 11 is 8.02. The Balaban J connectivity index is 2.41. The zero-order valence-electron chi connectivity index (χ0n) is 11.6. The number of halogens is 2. The molecular weight excluding hydrogens is 355 g/mol. The predicted octanol–water partition coefficient (Wildman–Crippen LogP) is 4.28. The Hall–Kier alpha value is -1.53. The smallest absolute Gasteiger partial charge is 0.180 e. The topological polar surface area (TPSA) is 48.1 Å². The van der Waals surface area contributed by atoms with E-state index in [9.17, 15) is 4.39 Å². The lowest BCUT2D eigenvalue weighted by Crippen LogP contribution is -2.11. The number of pyridine rings is 1. The van der Waals surface area contributed by atoms with Crippen molar-refractivity contribution in [3.8, 4) is 11.5 Å². The lowest BCUT2D eigenvalue weighted by Gasteiger charge is -2.12. The molecule has 0 bridgehead atoms. The first kappa shape index (κ1) is 15.9. The first-order valence-electron chi connectivity index (χ1n) is 6.36. The minimum absolute atomic E-state index is 0.0993. The van der Waals surface area contributed by atoms with Crippen molar-refractivity contribution >= 4 is 33.1 Å². The van der Waals surface area contributed by atoms with Gasteiger partial charge < -0.3 is 10.5 Å². The van der Waals surface area contributed by atoms with Gasteiger partial charge in [0.05, 0.1) is 10.2 Å². The molecule has 0 spiro atoms. The van der Waals surface area contributed by atoms with Gasteiger partial charge in [-0.25, -0.2) is 4.39 Å². The lowest BCUT2D eigenvalue weighted by atomic mass is 10.2. The van der Waals surface area contributed by atoms with Crippen molar-refractivity contribution in [2.75, 3.05) is 0 Å². The summed E-state index contributed by atoms with van der Waals surface area (Å²) in [7, 11) is 0. The highest BCUT2D eigenvalue weighted by atomic mass is 79.9. The van der Waals surface area contributed by atoms with Gasteiger partial charge in [-0.3, -0.25) is 4.98 Å². The number of thiocarbonyl (C=S) groups is 1. The minimum atomic E-state index is -0.539. The maximum absolute atomic E-state index is 14.3. The van der Waals surface area contributed by atoms with Gasteiger partial charge in [0.1, 0.15) is 10.7 Å². The first-order valence-corrected chi connectivity index (χ1v) is 7.56. The van der Waals surface area contributed by atoms with Crippen LogP contribution in [0.2, 0.25) is 0 Å². The molecule has 1 heterocycles. The number of nitrogens with two attached hydrogens (primary N) is 1. The Morgan fingerprint density at radius 3 is 2.62 bits per heavy atom. The van der Waals surface area contributed by atoms with Crippen LogP contribution in [0.15, 0.2) is 28.7 Å². The van der Waals surface area contributed by atoms with E-state index in [-0.39, 0.29) is 15.2 Å². The highest BCUT2D eigenvalue weighted by molar-refractivity contribution is 9.10. The fourth-order valence-electron chi connectivity index (χ4n) is 1.86. The second-order valence-corrected chi connectivity index (χ2v) is 5.69. The van der Waals surface area contributed by atoms with Crippen LogP contribution in [0.1, 0.15) is 23.9 Å². The summed E-state index contributed by atoms with van der Waals surface area (Å²) in [5, 5.41) is 0. The molecule has 0 atom stereocenters. The summed E-state index contributed by atoms with van der Waals surface area (Å²) in [6.45, 7) is 3.87. The first-order chi connectivity index (χ1) is 9.93. The lowest BCUT2D eigenvalue weighted by molar-refractivity contribution is 0.433. The van der Waals surface area contributed by atoms with E-state index in [4.69, 9.17) is 22.7 Å². The minimum Gasteiger partial charge on any atom is -0.452 e. The average molecular weight is 369 g/mol. The van der Waals surface area contributed by atoms with Crippen LogP contribution in [0.5, 0.6) is 11.5 Å². The molecule has 2 N–H and O–H groups in total. The molecule has 2 aromatic rings. The SMILES string of the molecule is CCc1nc(C)ccc1Oc1ccc(C(N)=S)c(Br)c1F. The third-order valence-corrected chi connectivity index (χ3v) is 3.93. The third kappa shape index (κ3) is 3.39. The van der Waals surface area contributed by atoms with E-state index in [1.54, 1.807) is 12.1 Å². The van der Waals surface area contributed by atoms with Gasteiger partial charge in [0.2, 0.25) is 0 Å². The number of aryl methyl sites for hydroxylation is 2. The molecule has 1 aromatic heterocycles. The Bertz CT molecular complexity index is 706. The number of benzene rings is 1. The summed E-state index contributed by atoms with van der Waals surface area (Å²) in [6, 6.07) is 6.74. The van der Waals surface area contributed by atoms with Crippen molar-refractivity contribution in [3.63, 3.8) is 0 Å². The molecule has 0 aliphatic rings. The van der Waals surface area contributed by atoms with Crippen LogP contribution in [-0.2, 0) is 6.42 Å². The van der Waals surface area contributed by atoms with Crippen LogP contribution in [0.25, 0.3) is 0 Å². The standard InChI is InChI=1S/C15H14BrFN2OS/c1-3-10-11(6-4-8(2)19-10)20-12-7-5-9(15(18)21)13(16)14(12)17/h4-7H,3H2,1-2H3,(H2,18,21). The fourth-order valence-corrected chi connectivity index (χ4v) is 2.71. The number of nitrogens with zero attached hydrogens (tertiary/aromatic N) is 1. The largest absolute Gasteiger partial charge is 0.452 e. The molecular formula is C15H14BrFN2OS. The molecule has 0 saturated heterocycles. The summed E-state index contributed by atoms with van der Waals surface area (Å²) in [5.74, 6) is 0.0992.